The summed E-state index contributed by atoms with van der Waals surface area (Å²) in [6.45, 7) is 9.39. The Bertz CT molecular complexity index is 1380. The number of thiazole rings is 1. The summed E-state index contributed by atoms with van der Waals surface area (Å²) < 4.78 is 9.14. The monoisotopic (exact) mass is 522 g/mol. The van der Waals surface area contributed by atoms with Gasteiger partial charge in [-0.1, -0.05) is 74.5 Å². The van der Waals surface area contributed by atoms with E-state index in [1.807, 2.05) is 28.3 Å². The van der Waals surface area contributed by atoms with Crippen LogP contribution in [0, 0.1) is 6.92 Å². The molecule has 0 saturated carbocycles. The molecule has 0 unspecified atom stereocenters. The first kappa shape index (κ1) is 25.7. The molecule has 0 aliphatic carbocycles. The lowest BCUT2D eigenvalue weighted by atomic mass is 9.87. The van der Waals surface area contributed by atoms with Crippen LogP contribution in [0.5, 0.6) is 5.75 Å². The molecule has 8 nitrogen and oxygen atoms in total. The Morgan fingerprint density at radius 3 is 2.53 bits per heavy atom. The van der Waals surface area contributed by atoms with Gasteiger partial charge in [-0.15, -0.1) is 21.5 Å². The molecular formula is C26H30N6O2S2. The van der Waals surface area contributed by atoms with E-state index in [0.717, 1.165) is 11.3 Å². The van der Waals surface area contributed by atoms with Gasteiger partial charge in [-0.05, 0) is 35.6 Å². The fraction of sp³-hybridized carbons (Fsp3) is 0.308. The number of benzene rings is 2. The number of ether oxygens (including phenoxy) is 1. The predicted octanol–water partition coefficient (Wildman–Crippen LogP) is 4.31. The third kappa shape index (κ3) is 6.64. The summed E-state index contributed by atoms with van der Waals surface area (Å²) in [7, 11) is 0. The molecule has 0 spiro atoms. The summed E-state index contributed by atoms with van der Waals surface area (Å²) in [5.74, 6) is 7.17. The number of amides is 1. The second-order valence-corrected chi connectivity index (χ2v) is 11.2. The average molecular weight is 523 g/mol. The molecule has 0 radical (unpaired) electrons. The van der Waals surface area contributed by atoms with Crippen LogP contribution in [0.2, 0.25) is 0 Å². The Hall–Kier alpha value is -3.37. The first-order chi connectivity index (χ1) is 17.2. The fourth-order valence-electron chi connectivity index (χ4n) is 3.37. The summed E-state index contributed by atoms with van der Waals surface area (Å²) in [6.07, 6.45) is 1.93. The molecule has 0 aliphatic heterocycles. The van der Waals surface area contributed by atoms with Gasteiger partial charge in [-0.2, -0.15) is 4.99 Å². The lowest BCUT2D eigenvalue weighted by Gasteiger charge is -2.19. The molecule has 0 fully saturated rings. The van der Waals surface area contributed by atoms with Crippen molar-refractivity contribution < 1.29 is 9.53 Å². The van der Waals surface area contributed by atoms with Crippen molar-refractivity contribution in [1.29, 1.82) is 0 Å². The van der Waals surface area contributed by atoms with Crippen molar-refractivity contribution in [2.75, 3.05) is 11.6 Å². The molecule has 188 valence electrons. The van der Waals surface area contributed by atoms with Crippen molar-refractivity contribution in [2.24, 2.45) is 4.99 Å². The first-order valence-corrected chi connectivity index (χ1v) is 13.4. The Morgan fingerprint density at radius 2 is 1.83 bits per heavy atom. The van der Waals surface area contributed by atoms with E-state index in [9.17, 15) is 4.79 Å². The number of aromatic nitrogens is 4. The number of rotatable bonds is 8. The number of hydrogen-bond acceptors (Lipinski definition) is 7. The van der Waals surface area contributed by atoms with Gasteiger partial charge in [0.05, 0.1) is 5.75 Å². The van der Waals surface area contributed by atoms with Crippen molar-refractivity contribution in [1.82, 2.24) is 19.4 Å². The van der Waals surface area contributed by atoms with Gasteiger partial charge in [-0.25, -0.2) is 4.68 Å². The Morgan fingerprint density at radius 1 is 1.11 bits per heavy atom. The highest BCUT2D eigenvalue weighted by atomic mass is 32.2. The Kier molecular flexibility index (Phi) is 7.95. The molecule has 10 heteroatoms. The minimum atomic E-state index is -0.264. The van der Waals surface area contributed by atoms with Crippen LogP contribution in [0.1, 0.15) is 43.3 Å². The maximum Gasteiger partial charge on any atom is 0.258 e. The van der Waals surface area contributed by atoms with Crippen LogP contribution < -0.4 is 15.4 Å². The van der Waals surface area contributed by atoms with Crippen LogP contribution in [0.4, 0.5) is 0 Å². The van der Waals surface area contributed by atoms with Crippen molar-refractivity contribution in [3.05, 3.63) is 87.4 Å². The van der Waals surface area contributed by atoms with Gasteiger partial charge in [0.15, 0.2) is 10.6 Å². The zero-order valence-electron chi connectivity index (χ0n) is 20.8. The molecule has 4 rings (SSSR count). The highest BCUT2D eigenvalue weighted by Gasteiger charge is 2.15. The molecule has 0 atom stereocenters. The van der Waals surface area contributed by atoms with Crippen LogP contribution in [-0.4, -0.2) is 31.1 Å². The quantitative estimate of drug-likeness (QED) is 0.273. The van der Waals surface area contributed by atoms with Gasteiger partial charge in [0.1, 0.15) is 12.4 Å². The number of aryl methyl sites for hydroxylation is 1. The van der Waals surface area contributed by atoms with E-state index in [1.165, 1.54) is 38.9 Å². The smallest absolute Gasteiger partial charge is 0.258 e. The number of nitrogens with zero attached hydrogens (tertiary/aromatic N) is 5. The van der Waals surface area contributed by atoms with Gasteiger partial charge in [0, 0.05) is 18.1 Å². The van der Waals surface area contributed by atoms with Gasteiger partial charge in [0.25, 0.3) is 5.91 Å². The molecule has 0 saturated heterocycles. The van der Waals surface area contributed by atoms with Crippen LogP contribution in [0.15, 0.2) is 70.3 Å². The standard InChI is InChI=1S/C26H30N6O2S2/c1-18-5-7-19(8-6-18)15-31-13-14-35-24(31)28-23(33)17-36-25-30-29-22(32(25)27)16-34-21-11-9-20(10-12-21)26(2,3)4/h5-14H,15-17,27H2,1-4H3. The van der Waals surface area contributed by atoms with E-state index in [2.05, 4.69) is 79.3 Å². The summed E-state index contributed by atoms with van der Waals surface area (Å²) in [5, 5.41) is 10.6. The number of carbonyl (C=O) groups excluding carboxylic acids is 1. The molecule has 1 amide bonds. The largest absolute Gasteiger partial charge is 0.486 e. The topological polar surface area (TPSA) is 100 Å². The number of thioether (sulfide) groups is 1. The molecule has 2 heterocycles. The SMILES string of the molecule is Cc1ccc(Cn2ccsc2=NC(=O)CSc2nnc(COc3ccc(C(C)(C)C)cc3)n2N)cc1. The molecule has 0 aliphatic rings. The van der Waals surface area contributed by atoms with Crippen molar-refractivity contribution in [3.63, 3.8) is 0 Å². The molecular weight excluding hydrogens is 492 g/mol. The first-order valence-electron chi connectivity index (χ1n) is 11.5. The summed E-state index contributed by atoms with van der Waals surface area (Å²) in [6, 6.07) is 16.3. The third-order valence-electron chi connectivity index (χ3n) is 5.50. The van der Waals surface area contributed by atoms with Crippen LogP contribution in [-0.2, 0) is 23.4 Å². The van der Waals surface area contributed by atoms with Crippen LogP contribution >= 0.6 is 23.1 Å². The summed E-state index contributed by atoms with van der Waals surface area (Å²) in [5.41, 5.74) is 3.67. The highest BCUT2D eigenvalue weighted by molar-refractivity contribution is 7.99. The molecule has 2 aromatic heterocycles. The Balaban J connectivity index is 1.33. The van der Waals surface area contributed by atoms with Gasteiger partial charge in [-0.3, -0.25) is 4.79 Å². The lowest BCUT2D eigenvalue weighted by Crippen LogP contribution is -2.18. The Labute approximate surface area is 218 Å². The predicted molar refractivity (Wildman–Crippen MR) is 144 cm³/mol. The number of nitrogen functional groups attached to an aromatic ring is 1. The minimum absolute atomic E-state index is 0.0800. The average Bonchev–Trinajstić information content (AvgIpc) is 3.43. The normalized spacial score (nSPS) is 12.2. The van der Waals surface area contributed by atoms with E-state index < -0.39 is 0 Å². The van der Waals surface area contributed by atoms with Gasteiger partial charge in [0.2, 0.25) is 5.16 Å². The minimum Gasteiger partial charge on any atom is -0.486 e. The number of hydrogen-bond donors (Lipinski definition) is 1. The summed E-state index contributed by atoms with van der Waals surface area (Å²) >= 11 is 2.62. The molecule has 4 aromatic rings. The molecule has 0 bridgehead atoms. The maximum absolute atomic E-state index is 12.5. The number of carbonyl (C=O) groups is 1. The van der Waals surface area contributed by atoms with Crippen LogP contribution in [0.3, 0.4) is 0 Å². The second kappa shape index (κ2) is 11.1. The zero-order valence-corrected chi connectivity index (χ0v) is 22.5. The van der Waals surface area contributed by atoms with Crippen molar-refractivity contribution >= 4 is 29.0 Å². The maximum atomic E-state index is 12.5. The third-order valence-corrected chi connectivity index (χ3v) is 7.22. The molecule has 2 N–H and O–H groups in total. The van der Waals surface area contributed by atoms with Crippen LogP contribution in [0.25, 0.3) is 0 Å². The molecule has 36 heavy (non-hydrogen) atoms. The van der Waals surface area contributed by atoms with E-state index in [-0.39, 0.29) is 23.7 Å². The van der Waals surface area contributed by atoms with E-state index in [1.54, 1.807) is 0 Å². The lowest BCUT2D eigenvalue weighted by molar-refractivity contribution is -0.115. The van der Waals surface area contributed by atoms with Gasteiger partial charge < -0.3 is 15.1 Å². The second-order valence-electron chi connectivity index (χ2n) is 9.43. The fourth-order valence-corrected chi connectivity index (χ4v) is 4.77. The van der Waals surface area contributed by atoms with Crippen molar-refractivity contribution in [2.45, 2.75) is 51.4 Å². The van der Waals surface area contributed by atoms with E-state index >= 15 is 0 Å². The number of nitrogens with two attached hydrogens (primary N) is 1. The van der Waals surface area contributed by atoms with E-state index in [0.29, 0.717) is 22.3 Å². The zero-order chi connectivity index (χ0) is 25.7. The van der Waals surface area contributed by atoms with Crippen molar-refractivity contribution in [3.8, 4) is 5.75 Å². The molecule has 2 aromatic carbocycles. The summed E-state index contributed by atoms with van der Waals surface area (Å²) in [4.78, 5) is 17.5. The van der Waals surface area contributed by atoms with Gasteiger partial charge >= 0.3 is 0 Å². The highest BCUT2D eigenvalue weighted by Crippen LogP contribution is 2.24. The van der Waals surface area contributed by atoms with E-state index in [4.69, 9.17) is 10.6 Å².